The second-order valence-electron chi connectivity index (χ2n) is 6.20. The van der Waals surface area contributed by atoms with Crippen molar-refractivity contribution in [3.63, 3.8) is 0 Å². The third-order valence-electron chi connectivity index (χ3n) is 4.42. The minimum absolute atomic E-state index is 0.0809. The molecule has 1 aliphatic heterocycles. The van der Waals surface area contributed by atoms with Crippen LogP contribution in [-0.4, -0.2) is 28.8 Å². The van der Waals surface area contributed by atoms with E-state index in [-0.39, 0.29) is 31.0 Å². The highest BCUT2D eigenvalue weighted by atomic mass is 19.4. The fourth-order valence-corrected chi connectivity index (χ4v) is 3.18. The first-order chi connectivity index (χ1) is 12.9. The topological polar surface area (TPSA) is 69.3 Å². The number of hydrogen-bond acceptors (Lipinski definition) is 4. The maximum absolute atomic E-state index is 13.1. The summed E-state index contributed by atoms with van der Waals surface area (Å²) in [7, 11) is 0. The van der Waals surface area contributed by atoms with Crippen LogP contribution in [0.25, 0.3) is 11.0 Å². The molecule has 3 heterocycles. The van der Waals surface area contributed by atoms with Gasteiger partial charge in [0.05, 0.1) is 19.8 Å². The van der Waals surface area contributed by atoms with Crippen molar-refractivity contribution < 1.29 is 27.1 Å². The van der Waals surface area contributed by atoms with Crippen LogP contribution >= 0.6 is 0 Å². The average Bonchev–Trinajstić information content (AvgIpc) is 3.23. The molecule has 0 unspecified atom stereocenters. The predicted molar refractivity (Wildman–Crippen MR) is 89.1 cm³/mol. The first-order valence-electron chi connectivity index (χ1n) is 8.44. The maximum Gasteiger partial charge on any atom is 0.435 e. The van der Waals surface area contributed by atoms with Crippen molar-refractivity contribution >= 4 is 16.9 Å². The van der Waals surface area contributed by atoms with E-state index in [0.717, 1.165) is 5.39 Å². The van der Waals surface area contributed by atoms with Crippen LogP contribution in [0.5, 0.6) is 0 Å². The number of para-hydroxylation sites is 1. The molecule has 1 aromatic carbocycles. The molecule has 142 valence electrons. The number of hydrogen-bond donors (Lipinski definition) is 1. The molecule has 0 atom stereocenters. The van der Waals surface area contributed by atoms with Gasteiger partial charge >= 0.3 is 6.18 Å². The van der Waals surface area contributed by atoms with E-state index in [9.17, 15) is 18.0 Å². The molecular weight excluding hydrogens is 363 g/mol. The normalized spacial score (nSPS) is 14.3. The number of ether oxygens (including phenoxy) is 1. The molecule has 9 heteroatoms. The van der Waals surface area contributed by atoms with Gasteiger partial charge in [0.15, 0.2) is 11.5 Å². The van der Waals surface area contributed by atoms with Crippen LogP contribution in [0.2, 0.25) is 0 Å². The number of benzene rings is 1. The van der Waals surface area contributed by atoms with E-state index in [0.29, 0.717) is 24.3 Å². The van der Waals surface area contributed by atoms with Gasteiger partial charge in [-0.3, -0.25) is 9.48 Å². The van der Waals surface area contributed by atoms with Crippen LogP contribution in [0.1, 0.15) is 27.5 Å². The zero-order valence-corrected chi connectivity index (χ0v) is 14.2. The Morgan fingerprint density at radius 2 is 2.11 bits per heavy atom. The van der Waals surface area contributed by atoms with E-state index >= 15 is 0 Å². The number of carbonyl (C=O) groups excluding carboxylic acids is 1. The summed E-state index contributed by atoms with van der Waals surface area (Å²) in [6.07, 6.45) is -4.18. The molecule has 3 aromatic rings. The van der Waals surface area contributed by atoms with Gasteiger partial charge in [0, 0.05) is 29.6 Å². The van der Waals surface area contributed by atoms with Crippen molar-refractivity contribution in [1.82, 2.24) is 15.1 Å². The summed E-state index contributed by atoms with van der Waals surface area (Å²) in [6.45, 7) is 0.503. The van der Waals surface area contributed by atoms with Gasteiger partial charge in [0.1, 0.15) is 5.58 Å². The number of furan rings is 1. The van der Waals surface area contributed by atoms with Crippen molar-refractivity contribution in [3.8, 4) is 0 Å². The number of aromatic nitrogens is 2. The van der Waals surface area contributed by atoms with Crippen molar-refractivity contribution in [2.75, 3.05) is 13.2 Å². The Bertz CT molecular complexity index is 958. The van der Waals surface area contributed by atoms with Crippen LogP contribution in [0.4, 0.5) is 13.2 Å². The SMILES string of the molecule is O=C(NCCn1nc(C(F)(F)F)c2c1CCOC2)c1cc2ccccc2o1. The van der Waals surface area contributed by atoms with E-state index in [1.54, 1.807) is 18.2 Å². The molecule has 1 amide bonds. The van der Waals surface area contributed by atoms with Crippen LogP contribution in [0.3, 0.4) is 0 Å². The van der Waals surface area contributed by atoms with Gasteiger partial charge in [0.25, 0.3) is 5.91 Å². The van der Waals surface area contributed by atoms with Gasteiger partial charge in [-0.2, -0.15) is 18.3 Å². The zero-order chi connectivity index (χ0) is 19.0. The fourth-order valence-electron chi connectivity index (χ4n) is 3.18. The second kappa shape index (κ2) is 6.73. The second-order valence-corrected chi connectivity index (χ2v) is 6.20. The first-order valence-corrected chi connectivity index (χ1v) is 8.44. The number of amides is 1. The minimum atomic E-state index is -4.53. The van der Waals surface area contributed by atoms with Crippen molar-refractivity contribution in [3.05, 3.63) is 53.0 Å². The van der Waals surface area contributed by atoms with Gasteiger partial charge in [-0.1, -0.05) is 18.2 Å². The van der Waals surface area contributed by atoms with E-state index in [2.05, 4.69) is 10.4 Å². The zero-order valence-electron chi connectivity index (χ0n) is 14.2. The Morgan fingerprint density at radius 1 is 1.30 bits per heavy atom. The van der Waals surface area contributed by atoms with Crippen molar-refractivity contribution in [1.29, 1.82) is 0 Å². The Hall–Kier alpha value is -2.81. The highest BCUT2D eigenvalue weighted by Gasteiger charge is 2.39. The highest BCUT2D eigenvalue weighted by molar-refractivity contribution is 5.96. The van der Waals surface area contributed by atoms with Crippen molar-refractivity contribution in [2.45, 2.75) is 25.7 Å². The Balaban J connectivity index is 1.46. The van der Waals surface area contributed by atoms with E-state index < -0.39 is 17.8 Å². The quantitative estimate of drug-likeness (QED) is 0.756. The summed E-state index contributed by atoms with van der Waals surface area (Å²) < 4.78 is 51.4. The average molecular weight is 379 g/mol. The molecule has 0 aliphatic carbocycles. The number of fused-ring (bicyclic) bond motifs is 2. The van der Waals surface area contributed by atoms with E-state index in [1.165, 1.54) is 4.68 Å². The van der Waals surface area contributed by atoms with E-state index in [4.69, 9.17) is 9.15 Å². The predicted octanol–water partition coefficient (Wildman–Crippen LogP) is 3.15. The number of alkyl halides is 3. The lowest BCUT2D eigenvalue weighted by atomic mass is 10.1. The molecule has 0 fully saturated rings. The Labute approximate surface area is 151 Å². The molecular formula is C18H16F3N3O3. The van der Waals surface area contributed by atoms with Crippen LogP contribution < -0.4 is 5.32 Å². The van der Waals surface area contributed by atoms with Crippen LogP contribution in [0.15, 0.2) is 34.7 Å². The maximum atomic E-state index is 13.1. The lowest BCUT2D eigenvalue weighted by molar-refractivity contribution is -0.142. The summed E-state index contributed by atoms with van der Waals surface area (Å²) in [6, 6.07) is 8.84. The lowest BCUT2D eigenvalue weighted by Gasteiger charge is -2.15. The Morgan fingerprint density at radius 3 is 2.89 bits per heavy atom. The summed E-state index contributed by atoms with van der Waals surface area (Å²) in [5, 5.41) is 7.17. The molecule has 0 spiro atoms. The van der Waals surface area contributed by atoms with Crippen LogP contribution in [0, 0.1) is 0 Å². The summed E-state index contributed by atoms with van der Waals surface area (Å²) in [4.78, 5) is 12.2. The standard InChI is InChI=1S/C18H16F3N3O3/c19-18(20,21)16-12-10-26-8-5-13(12)24(23-16)7-6-22-17(25)15-9-11-3-1-2-4-14(11)27-15/h1-4,9H,5-8,10H2,(H,22,25). The van der Waals surface area contributed by atoms with Gasteiger partial charge in [-0.25, -0.2) is 0 Å². The number of halogens is 3. The first kappa shape index (κ1) is 17.6. The molecule has 6 nitrogen and oxygen atoms in total. The summed E-state index contributed by atoms with van der Waals surface area (Å²) in [5.74, 6) is -0.269. The lowest BCUT2D eigenvalue weighted by Crippen LogP contribution is -2.28. The third-order valence-corrected chi connectivity index (χ3v) is 4.42. The largest absolute Gasteiger partial charge is 0.451 e. The molecule has 0 saturated heterocycles. The number of nitrogens with one attached hydrogen (secondary N) is 1. The molecule has 0 bridgehead atoms. The minimum Gasteiger partial charge on any atom is -0.451 e. The third kappa shape index (κ3) is 3.42. The molecule has 0 radical (unpaired) electrons. The molecule has 0 saturated carbocycles. The van der Waals surface area contributed by atoms with E-state index in [1.807, 2.05) is 12.1 Å². The monoisotopic (exact) mass is 379 g/mol. The molecule has 27 heavy (non-hydrogen) atoms. The summed E-state index contributed by atoms with van der Waals surface area (Å²) >= 11 is 0. The molecule has 4 rings (SSSR count). The fraction of sp³-hybridized carbons (Fsp3) is 0.333. The number of carbonyl (C=O) groups is 1. The van der Waals surface area contributed by atoms with Gasteiger partial charge in [-0.15, -0.1) is 0 Å². The van der Waals surface area contributed by atoms with Crippen LogP contribution in [-0.2, 0) is 30.5 Å². The van der Waals surface area contributed by atoms with Gasteiger partial charge in [-0.05, 0) is 12.1 Å². The molecule has 1 aliphatic rings. The molecule has 2 aromatic heterocycles. The highest BCUT2D eigenvalue weighted by Crippen LogP contribution is 2.34. The smallest absolute Gasteiger partial charge is 0.435 e. The van der Waals surface area contributed by atoms with Gasteiger partial charge in [0.2, 0.25) is 0 Å². The van der Waals surface area contributed by atoms with Gasteiger partial charge < -0.3 is 14.5 Å². The Kier molecular flexibility index (Phi) is 4.39. The molecule has 1 N–H and O–H groups in total. The summed E-state index contributed by atoms with van der Waals surface area (Å²) in [5.41, 5.74) is 0.267. The number of nitrogens with zero attached hydrogens (tertiary/aromatic N) is 2. The number of rotatable bonds is 4. The van der Waals surface area contributed by atoms with Crippen molar-refractivity contribution in [2.24, 2.45) is 0 Å².